The molecule has 1 N–H and O–H groups in total. The number of aryl methyl sites for hydroxylation is 1. The molecule has 0 saturated heterocycles. The summed E-state index contributed by atoms with van der Waals surface area (Å²) in [5, 5.41) is 14.5. The molecule has 2 rings (SSSR count). The average molecular weight is 361 g/mol. The van der Waals surface area contributed by atoms with Gasteiger partial charge in [-0.3, -0.25) is 0 Å². The molecule has 0 fully saturated rings. The molecule has 2 aromatic rings. The molecule has 6 heteroatoms. The molecule has 1 heterocycles. The number of nitrogens with zero attached hydrogens (tertiary/aromatic N) is 2. The largest absolute Gasteiger partial charge is 0.317 e. The third kappa shape index (κ3) is 4.24. The van der Waals surface area contributed by atoms with Crippen molar-refractivity contribution in [3.63, 3.8) is 0 Å². The maximum atomic E-state index is 6.02. The van der Waals surface area contributed by atoms with Crippen LogP contribution in [-0.4, -0.2) is 23.3 Å². The Hall–Kier alpha value is -0.490. The fourth-order valence-corrected chi connectivity index (χ4v) is 3.32. The minimum Gasteiger partial charge on any atom is -0.317 e. The van der Waals surface area contributed by atoms with Gasteiger partial charge in [-0.2, -0.15) is 0 Å². The van der Waals surface area contributed by atoms with Gasteiger partial charge < -0.3 is 5.32 Å². The second-order valence-electron chi connectivity index (χ2n) is 4.08. The number of nitrogens with one attached hydrogen (secondary N) is 1. The zero-order valence-electron chi connectivity index (χ0n) is 10.6. The molecule has 1 aromatic heterocycles. The number of rotatable bonds is 6. The lowest BCUT2D eigenvalue weighted by Crippen LogP contribution is -2.14. The molecule has 3 nitrogen and oxygen atoms in total. The second kappa shape index (κ2) is 7.33. The van der Waals surface area contributed by atoms with Crippen LogP contribution in [0.5, 0.6) is 0 Å². The fourth-order valence-electron chi connectivity index (χ4n) is 1.67. The summed E-state index contributed by atoms with van der Waals surface area (Å²) in [7, 11) is 0. The van der Waals surface area contributed by atoms with Gasteiger partial charge >= 0.3 is 0 Å². The zero-order chi connectivity index (χ0) is 13.7. The van der Waals surface area contributed by atoms with Gasteiger partial charge in [-0.05, 0) is 37.7 Å². The van der Waals surface area contributed by atoms with Crippen LogP contribution in [0.3, 0.4) is 0 Å². The molecule has 0 atom stereocenters. The highest BCUT2D eigenvalue weighted by Crippen LogP contribution is 2.32. The van der Waals surface area contributed by atoms with Gasteiger partial charge in [0.05, 0.1) is 0 Å². The van der Waals surface area contributed by atoms with Crippen molar-refractivity contribution < 1.29 is 0 Å². The molecular weight excluding hydrogens is 346 g/mol. The summed E-state index contributed by atoms with van der Waals surface area (Å²) in [6, 6.07) is 5.70. The van der Waals surface area contributed by atoms with Crippen LogP contribution in [-0.2, 0) is 6.42 Å². The lowest BCUT2D eigenvalue weighted by atomic mass is 10.2. The molecule has 19 heavy (non-hydrogen) atoms. The summed E-state index contributed by atoms with van der Waals surface area (Å²) in [5.41, 5.74) is 1.00. The number of benzene rings is 1. The van der Waals surface area contributed by atoms with Gasteiger partial charge in [0.1, 0.15) is 10.0 Å². The minimum absolute atomic E-state index is 0.710. The molecule has 0 unspecified atom stereocenters. The van der Waals surface area contributed by atoms with Crippen molar-refractivity contribution in [1.82, 2.24) is 15.5 Å². The highest BCUT2D eigenvalue weighted by atomic mass is 79.9. The first kappa shape index (κ1) is 14.9. The standard InChI is InChI=1S/C13H15BrClN3S/c1-2-16-7-3-4-12-17-18-13(19-12)10-8-9(15)5-6-11(10)14/h5-6,8,16H,2-4,7H2,1H3. The first-order chi connectivity index (χ1) is 9.20. The first-order valence-electron chi connectivity index (χ1n) is 6.19. The molecule has 0 radical (unpaired) electrons. The SMILES string of the molecule is CCNCCCc1nnc(-c2cc(Cl)ccc2Br)s1. The summed E-state index contributed by atoms with van der Waals surface area (Å²) in [6.07, 6.45) is 2.04. The van der Waals surface area contributed by atoms with Crippen LogP contribution < -0.4 is 5.32 Å². The Balaban J connectivity index is 2.06. The lowest BCUT2D eigenvalue weighted by molar-refractivity contribution is 0.669. The summed E-state index contributed by atoms with van der Waals surface area (Å²) in [5.74, 6) is 0. The van der Waals surface area contributed by atoms with Gasteiger partial charge in [0, 0.05) is 21.5 Å². The Morgan fingerprint density at radius 2 is 2.21 bits per heavy atom. The van der Waals surface area contributed by atoms with Crippen LogP contribution in [0.1, 0.15) is 18.4 Å². The van der Waals surface area contributed by atoms with Crippen LogP contribution in [0.2, 0.25) is 5.02 Å². The van der Waals surface area contributed by atoms with Gasteiger partial charge in [0.15, 0.2) is 0 Å². The number of halogens is 2. The van der Waals surface area contributed by atoms with Crippen LogP contribution in [0, 0.1) is 0 Å². The molecule has 0 aliphatic rings. The molecule has 0 amide bonds. The molecule has 102 valence electrons. The van der Waals surface area contributed by atoms with Gasteiger partial charge in [0.25, 0.3) is 0 Å². The molecule has 0 bridgehead atoms. The molecule has 0 spiro atoms. The van der Waals surface area contributed by atoms with Crippen LogP contribution in [0.25, 0.3) is 10.6 Å². The third-order valence-electron chi connectivity index (χ3n) is 2.62. The molecule has 1 aromatic carbocycles. The summed E-state index contributed by atoms with van der Waals surface area (Å²) >= 11 is 11.2. The lowest BCUT2D eigenvalue weighted by Gasteiger charge is -2.00. The van der Waals surface area contributed by atoms with E-state index in [1.807, 2.05) is 18.2 Å². The average Bonchev–Trinajstić information content (AvgIpc) is 2.86. The van der Waals surface area contributed by atoms with E-state index in [4.69, 9.17) is 11.6 Å². The first-order valence-corrected chi connectivity index (χ1v) is 8.18. The van der Waals surface area contributed by atoms with Gasteiger partial charge in [-0.25, -0.2) is 0 Å². The van der Waals surface area contributed by atoms with Crippen LogP contribution in [0.15, 0.2) is 22.7 Å². The van der Waals surface area contributed by atoms with Gasteiger partial charge in [-0.15, -0.1) is 10.2 Å². The van der Waals surface area contributed by atoms with E-state index in [-0.39, 0.29) is 0 Å². The van der Waals surface area contributed by atoms with E-state index in [0.29, 0.717) is 5.02 Å². The maximum Gasteiger partial charge on any atom is 0.148 e. The van der Waals surface area contributed by atoms with Crippen molar-refractivity contribution in [3.05, 3.63) is 32.7 Å². The van der Waals surface area contributed by atoms with Crippen molar-refractivity contribution in [2.45, 2.75) is 19.8 Å². The Kier molecular flexibility index (Phi) is 5.76. The topological polar surface area (TPSA) is 37.8 Å². The monoisotopic (exact) mass is 359 g/mol. The van der Waals surface area contributed by atoms with Gasteiger partial charge in [-0.1, -0.05) is 45.8 Å². The number of hydrogen-bond acceptors (Lipinski definition) is 4. The predicted molar refractivity (Wildman–Crippen MR) is 84.9 cm³/mol. The maximum absolute atomic E-state index is 6.02. The number of aromatic nitrogens is 2. The predicted octanol–water partition coefficient (Wildman–Crippen LogP) is 4.16. The van der Waals surface area contributed by atoms with E-state index in [1.54, 1.807) is 11.3 Å². The minimum atomic E-state index is 0.710. The van der Waals surface area contributed by atoms with Crippen molar-refractivity contribution in [3.8, 4) is 10.6 Å². The molecular formula is C13H15BrClN3S. The van der Waals surface area contributed by atoms with E-state index in [0.717, 1.165) is 46.0 Å². The van der Waals surface area contributed by atoms with Crippen molar-refractivity contribution in [1.29, 1.82) is 0 Å². The van der Waals surface area contributed by atoms with E-state index in [2.05, 4.69) is 38.4 Å². The van der Waals surface area contributed by atoms with E-state index in [1.165, 1.54) is 0 Å². The van der Waals surface area contributed by atoms with Crippen molar-refractivity contribution >= 4 is 38.9 Å². The zero-order valence-corrected chi connectivity index (χ0v) is 13.8. The Morgan fingerprint density at radius 3 is 3.00 bits per heavy atom. The highest BCUT2D eigenvalue weighted by molar-refractivity contribution is 9.10. The van der Waals surface area contributed by atoms with Crippen molar-refractivity contribution in [2.75, 3.05) is 13.1 Å². The Bertz CT molecular complexity index is 544. The summed E-state index contributed by atoms with van der Waals surface area (Å²) < 4.78 is 0.993. The van der Waals surface area contributed by atoms with Gasteiger partial charge in [0.2, 0.25) is 0 Å². The van der Waals surface area contributed by atoms with E-state index < -0.39 is 0 Å². The highest BCUT2D eigenvalue weighted by Gasteiger charge is 2.10. The second-order valence-corrected chi connectivity index (χ2v) is 6.44. The normalized spacial score (nSPS) is 10.9. The summed E-state index contributed by atoms with van der Waals surface area (Å²) in [6.45, 7) is 4.14. The molecule has 0 aliphatic carbocycles. The number of hydrogen-bond donors (Lipinski definition) is 1. The molecule has 0 aliphatic heterocycles. The van der Waals surface area contributed by atoms with E-state index in [9.17, 15) is 0 Å². The van der Waals surface area contributed by atoms with Crippen LogP contribution in [0.4, 0.5) is 0 Å². The van der Waals surface area contributed by atoms with Crippen molar-refractivity contribution in [2.24, 2.45) is 0 Å². The third-order valence-corrected chi connectivity index (χ3v) is 4.56. The van der Waals surface area contributed by atoms with E-state index >= 15 is 0 Å². The summed E-state index contributed by atoms with van der Waals surface area (Å²) in [4.78, 5) is 0. The fraction of sp³-hybridized carbons (Fsp3) is 0.385. The quantitative estimate of drug-likeness (QED) is 0.786. The van der Waals surface area contributed by atoms with Crippen LogP contribution >= 0.6 is 38.9 Å². The Morgan fingerprint density at radius 1 is 1.37 bits per heavy atom. The smallest absolute Gasteiger partial charge is 0.148 e. The Labute approximate surface area is 130 Å². The molecule has 0 saturated carbocycles.